The summed E-state index contributed by atoms with van der Waals surface area (Å²) in [5.74, 6) is -2.94. The fraction of sp³-hybridized carbons (Fsp3) is 0. The summed E-state index contributed by atoms with van der Waals surface area (Å²) >= 11 is 0. The van der Waals surface area contributed by atoms with Gasteiger partial charge in [-0.1, -0.05) is 19.7 Å². The molecular weight excluding hydrogens is 228 g/mol. The highest BCUT2D eigenvalue weighted by atomic mass is 16.4. The second-order valence-electron chi connectivity index (χ2n) is 1.63. The third-order valence-electron chi connectivity index (χ3n) is 0.524. The minimum Gasteiger partial charge on any atom is -0.478 e. The molecule has 0 saturated carbocycles. The van der Waals surface area contributed by atoms with Gasteiger partial charge in [0.15, 0.2) is 0 Å². The van der Waals surface area contributed by atoms with E-state index in [4.69, 9.17) is 15.3 Å². The molecule has 0 aromatic carbocycles. The second kappa shape index (κ2) is 23.3. The molecule has 0 bridgehead atoms. The topological polar surface area (TPSA) is 112 Å². The molecule has 0 heterocycles. The predicted octanol–water partition coefficient (Wildman–Crippen LogP) is 1.57. The summed E-state index contributed by atoms with van der Waals surface area (Å²) in [7, 11) is 0. The molecule has 6 nitrogen and oxygen atoms in total. The highest BCUT2D eigenvalue weighted by molar-refractivity contribution is 5.79. The molecule has 0 spiro atoms. The molecule has 0 aliphatic heterocycles. The van der Waals surface area contributed by atoms with E-state index in [0.29, 0.717) is 0 Å². The summed E-state index contributed by atoms with van der Waals surface area (Å²) in [6, 6.07) is 0. The predicted molar refractivity (Wildman–Crippen MR) is 64.8 cm³/mol. The summed E-state index contributed by atoms with van der Waals surface area (Å²) in [6.07, 6.45) is 2.50. The zero-order valence-electron chi connectivity index (χ0n) is 9.33. The average Bonchev–Trinajstić information content (AvgIpc) is 2.32. The van der Waals surface area contributed by atoms with E-state index in [1.54, 1.807) is 0 Å². The highest BCUT2D eigenvalue weighted by Crippen LogP contribution is 1.55. The molecule has 0 radical (unpaired) electrons. The van der Waals surface area contributed by atoms with Crippen molar-refractivity contribution in [3.05, 3.63) is 51.1 Å². The smallest absolute Gasteiger partial charge is 0.327 e. The van der Waals surface area contributed by atoms with E-state index in [2.05, 4.69) is 32.9 Å². The lowest BCUT2D eigenvalue weighted by molar-refractivity contribution is -0.132. The number of rotatable bonds is 3. The Balaban J connectivity index is -0.0000000693. The monoisotopic (exact) mass is 244 g/mol. The van der Waals surface area contributed by atoms with E-state index in [0.717, 1.165) is 18.2 Å². The van der Waals surface area contributed by atoms with Crippen LogP contribution in [0.2, 0.25) is 0 Å². The third kappa shape index (κ3) is 152. The molecule has 3 N–H and O–H groups in total. The van der Waals surface area contributed by atoms with Crippen molar-refractivity contribution < 1.29 is 29.7 Å². The van der Waals surface area contributed by atoms with Crippen molar-refractivity contribution in [1.82, 2.24) is 0 Å². The minimum atomic E-state index is -0.981. The first-order valence-electron chi connectivity index (χ1n) is 3.87. The van der Waals surface area contributed by atoms with Crippen LogP contribution in [-0.2, 0) is 14.4 Å². The lowest BCUT2D eigenvalue weighted by Gasteiger charge is -1.64. The van der Waals surface area contributed by atoms with Crippen LogP contribution < -0.4 is 0 Å². The number of carboxylic acid groups (broad SMARTS) is 3. The largest absolute Gasteiger partial charge is 0.478 e. The van der Waals surface area contributed by atoms with Gasteiger partial charge in [-0.25, -0.2) is 14.4 Å². The first-order valence-corrected chi connectivity index (χ1v) is 3.87. The molecule has 0 rings (SSSR count). The molecule has 0 fully saturated rings. The molecule has 0 aromatic rings. The van der Waals surface area contributed by atoms with E-state index < -0.39 is 17.9 Å². The minimum absolute atomic E-state index is 0.833. The van der Waals surface area contributed by atoms with E-state index in [9.17, 15) is 14.4 Å². The first-order chi connectivity index (χ1) is 7.81. The van der Waals surface area contributed by atoms with E-state index in [-0.39, 0.29) is 0 Å². The molecule has 0 aliphatic rings. The number of carbonyl (C=O) groups is 3. The SMILES string of the molecule is C=C.C=CC(=O)O.C=CC(=O)O.C=CC(=O)O. The molecule has 0 unspecified atom stereocenters. The van der Waals surface area contributed by atoms with Gasteiger partial charge in [-0.3, -0.25) is 0 Å². The number of hydrogen-bond donors (Lipinski definition) is 3. The van der Waals surface area contributed by atoms with Gasteiger partial charge >= 0.3 is 17.9 Å². The Morgan fingerprint density at radius 3 is 0.706 bits per heavy atom. The Labute approximate surface area is 99.5 Å². The molecule has 96 valence electrons. The van der Waals surface area contributed by atoms with Crippen molar-refractivity contribution >= 4 is 17.9 Å². The van der Waals surface area contributed by atoms with Gasteiger partial charge in [0.2, 0.25) is 0 Å². The molecule has 0 aromatic heterocycles. The lowest BCUT2D eigenvalue weighted by Crippen LogP contribution is -1.82. The van der Waals surface area contributed by atoms with Crippen LogP contribution in [0.25, 0.3) is 0 Å². The van der Waals surface area contributed by atoms with Crippen LogP contribution in [0.4, 0.5) is 0 Å². The quantitative estimate of drug-likeness (QED) is 0.513. The van der Waals surface area contributed by atoms with Gasteiger partial charge in [0, 0.05) is 18.2 Å². The molecule has 0 saturated heterocycles. The van der Waals surface area contributed by atoms with Gasteiger partial charge in [-0.05, 0) is 0 Å². The summed E-state index contributed by atoms with van der Waals surface area (Å²) in [6.45, 7) is 14.9. The lowest BCUT2D eigenvalue weighted by atomic mass is 10.7. The van der Waals surface area contributed by atoms with Crippen molar-refractivity contribution in [2.45, 2.75) is 0 Å². The van der Waals surface area contributed by atoms with Gasteiger partial charge in [0.05, 0.1) is 0 Å². The summed E-state index contributed by atoms with van der Waals surface area (Å²) < 4.78 is 0. The van der Waals surface area contributed by atoms with Crippen molar-refractivity contribution in [3.8, 4) is 0 Å². The second-order valence-corrected chi connectivity index (χ2v) is 1.63. The van der Waals surface area contributed by atoms with Crippen LogP contribution >= 0.6 is 0 Å². The maximum absolute atomic E-state index is 9.25. The van der Waals surface area contributed by atoms with Crippen molar-refractivity contribution in [1.29, 1.82) is 0 Å². The molecule has 17 heavy (non-hydrogen) atoms. The van der Waals surface area contributed by atoms with Crippen molar-refractivity contribution in [3.63, 3.8) is 0 Å². The molecule has 6 heteroatoms. The Morgan fingerprint density at radius 2 is 0.706 bits per heavy atom. The Kier molecular flexibility index (Phi) is 32.7. The molecule has 0 atom stereocenters. The van der Waals surface area contributed by atoms with Crippen LogP contribution in [-0.4, -0.2) is 33.2 Å². The Hall–Kier alpha value is -2.63. The van der Waals surface area contributed by atoms with Crippen LogP contribution in [0.5, 0.6) is 0 Å². The molecule has 0 aliphatic carbocycles. The van der Waals surface area contributed by atoms with E-state index >= 15 is 0 Å². The van der Waals surface area contributed by atoms with Crippen LogP contribution in [0.1, 0.15) is 0 Å². The van der Waals surface area contributed by atoms with Gasteiger partial charge in [-0.15, -0.1) is 13.2 Å². The zero-order chi connectivity index (χ0) is 14.9. The van der Waals surface area contributed by atoms with Crippen LogP contribution in [0.3, 0.4) is 0 Å². The number of carboxylic acids is 3. The third-order valence-corrected chi connectivity index (χ3v) is 0.524. The maximum Gasteiger partial charge on any atom is 0.327 e. The Bertz CT molecular complexity index is 224. The highest BCUT2D eigenvalue weighted by Gasteiger charge is 1.74. The van der Waals surface area contributed by atoms with Crippen LogP contribution in [0.15, 0.2) is 51.1 Å². The maximum atomic E-state index is 9.25. The zero-order valence-corrected chi connectivity index (χ0v) is 9.33. The molecular formula is C11H16O6. The Morgan fingerprint density at radius 1 is 0.647 bits per heavy atom. The summed E-state index contributed by atoms with van der Waals surface area (Å²) in [5.41, 5.74) is 0. The van der Waals surface area contributed by atoms with Crippen molar-refractivity contribution in [2.24, 2.45) is 0 Å². The summed E-state index contributed by atoms with van der Waals surface area (Å²) in [4.78, 5) is 27.8. The van der Waals surface area contributed by atoms with Crippen molar-refractivity contribution in [2.75, 3.05) is 0 Å². The van der Waals surface area contributed by atoms with E-state index in [1.165, 1.54) is 0 Å². The normalized spacial score (nSPS) is 5.88. The van der Waals surface area contributed by atoms with Crippen LogP contribution in [0, 0.1) is 0 Å². The van der Waals surface area contributed by atoms with E-state index in [1.807, 2.05) is 0 Å². The standard InChI is InChI=1S/3C3H4O2.C2H4/c3*1-2-3(4)5;1-2/h3*2H,1H2,(H,4,5);1-2H2. The first kappa shape index (κ1) is 23.9. The van der Waals surface area contributed by atoms with Gasteiger partial charge in [-0.2, -0.15) is 0 Å². The number of hydrogen-bond acceptors (Lipinski definition) is 3. The fourth-order valence-corrected chi connectivity index (χ4v) is 0. The molecule has 0 amide bonds. The average molecular weight is 244 g/mol. The summed E-state index contributed by atoms with van der Waals surface area (Å²) in [5, 5.41) is 22.8. The van der Waals surface area contributed by atoms with Gasteiger partial charge < -0.3 is 15.3 Å². The van der Waals surface area contributed by atoms with Gasteiger partial charge in [0.25, 0.3) is 0 Å². The van der Waals surface area contributed by atoms with Gasteiger partial charge in [0.1, 0.15) is 0 Å². The fourth-order valence-electron chi connectivity index (χ4n) is 0. The number of aliphatic carboxylic acids is 3.